The van der Waals surface area contributed by atoms with Crippen molar-refractivity contribution in [3.8, 4) is 0 Å². The van der Waals surface area contributed by atoms with Gasteiger partial charge in [0.1, 0.15) is 5.15 Å². The van der Waals surface area contributed by atoms with Crippen LogP contribution in [0.4, 0.5) is 18.0 Å². The first-order valence-electron chi connectivity index (χ1n) is 12.1. The second-order valence-corrected chi connectivity index (χ2v) is 10.4. The normalized spacial score (nSPS) is 14.2. The van der Waals surface area contributed by atoms with Gasteiger partial charge in [-0.1, -0.05) is 53.0 Å². The fourth-order valence-electron chi connectivity index (χ4n) is 4.74. The molecule has 0 aliphatic carbocycles. The summed E-state index contributed by atoms with van der Waals surface area (Å²) in [5.74, 6) is 0. The quantitative estimate of drug-likeness (QED) is 0.240. The van der Waals surface area contributed by atoms with Crippen molar-refractivity contribution in [2.75, 3.05) is 13.1 Å². The number of amides is 1. The molecule has 0 bridgehead atoms. The fraction of sp³-hybridized carbons (Fsp3) is 0.214. The highest BCUT2D eigenvalue weighted by molar-refractivity contribution is 6.42. The fourth-order valence-corrected chi connectivity index (χ4v) is 5.24. The van der Waals surface area contributed by atoms with Gasteiger partial charge in [-0.25, -0.2) is 9.78 Å². The van der Waals surface area contributed by atoms with Crippen LogP contribution in [0.1, 0.15) is 27.9 Å². The minimum atomic E-state index is -4.50. The summed E-state index contributed by atoms with van der Waals surface area (Å²) < 4.78 is 42.2. The van der Waals surface area contributed by atoms with E-state index >= 15 is 0 Å². The average Bonchev–Trinajstić information content (AvgIpc) is 3.22. The van der Waals surface area contributed by atoms with Crippen LogP contribution in [0.15, 0.2) is 60.8 Å². The Kier molecular flexibility index (Phi) is 7.91. The van der Waals surface area contributed by atoms with E-state index in [4.69, 9.17) is 34.8 Å². The van der Waals surface area contributed by atoms with Gasteiger partial charge in [-0.05, 0) is 59.2 Å². The number of carbonyl (C=O) groups excluding carboxylic acids is 1. The summed E-state index contributed by atoms with van der Waals surface area (Å²) >= 11 is 18.0. The molecular weight excluding hydrogens is 572 g/mol. The van der Waals surface area contributed by atoms with Crippen molar-refractivity contribution in [2.45, 2.75) is 25.7 Å². The van der Waals surface area contributed by atoms with Gasteiger partial charge >= 0.3 is 12.2 Å². The summed E-state index contributed by atoms with van der Waals surface area (Å²) in [5.41, 5.74) is 2.75. The molecule has 39 heavy (non-hydrogen) atoms. The maximum absolute atomic E-state index is 13.6. The number of fused-ring (bicyclic) bond motifs is 3. The Morgan fingerprint density at radius 3 is 2.62 bits per heavy atom. The number of carbonyl (C=O) groups is 1. The van der Waals surface area contributed by atoms with Gasteiger partial charge in [-0.15, -0.1) is 0 Å². The molecule has 2 aromatic carbocycles. The molecular formula is C28H22Cl3F3N4O. The summed E-state index contributed by atoms with van der Waals surface area (Å²) in [6.45, 7) is 1.80. The number of halogens is 6. The zero-order valence-electron chi connectivity index (χ0n) is 20.4. The van der Waals surface area contributed by atoms with Crippen LogP contribution in [0.2, 0.25) is 15.2 Å². The second-order valence-electron chi connectivity index (χ2n) is 9.20. The number of rotatable bonds is 5. The highest BCUT2D eigenvalue weighted by Crippen LogP contribution is 2.36. The Morgan fingerprint density at radius 1 is 1.05 bits per heavy atom. The Balaban J connectivity index is 1.42. The monoisotopic (exact) mass is 592 g/mol. The van der Waals surface area contributed by atoms with Crippen LogP contribution in [-0.2, 0) is 25.7 Å². The molecule has 5 rings (SSSR count). The first-order chi connectivity index (χ1) is 18.6. The molecule has 0 unspecified atom stereocenters. The number of alkyl halides is 3. The molecule has 0 atom stereocenters. The highest BCUT2D eigenvalue weighted by atomic mass is 35.5. The van der Waals surface area contributed by atoms with E-state index in [1.54, 1.807) is 30.5 Å². The number of pyridine rings is 1. The third-order valence-electron chi connectivity index (χ3n) is 6.61. The molecule has 1 aliphatic rings. The van der Waals surface area contributed by atoms with Crippen LogP contribution in [0, 0.1) is 0 Å². The van der Waals surface area contributed by atoms with Crippen LogP contribution < -0.4 is 5.32 Å². The van der Waals surface area contributed by atoms with E-state index < -0.39 is 17.8 Å². The Morgan fingerprint density at radius 2 is 1.87 bits per heavy atom. The molecule has 4 aromatic rings. The second kappa shape index (κ2) is 11.2. The van der Waals surface area contributed by atoms with Crippen LogP contribution in [-0.4, -0.2) is 33.6 Å². The number of benzene rings is 2. The largest absolute Gasteiger partial charge is 0.416 e. The molecule has 202 valence electrons. The molecule has 1 aliphatic heterocycles. The predicted octanol–water partition coefficient (Wildman–Crippen LogP) is 7.84. The van der Waals surface area contributed by atoms with Crippen LogP contribution in [0.5, 0.6) is 0 Å². The summed E-state index contributed by atoms with van der Waals surface area (Å²) in [6.07, 6.45) is 1.43. The summed E-state index contributed by atoms with van der Waals surface area (Å²) in [6, 6.07) is 11.8. The SMILES string of the molecule is O=C(NCc1ccnc(Cl)c1)n1c2c(c3cc(C(F)(F)F)ccc31)CN(C/C=C/c1ccc(Cl)c(Cl)c1)CC2. The Bertz CT molecular complexity index is 1580. The van der Waals surface area contributed by atoms with Crippen LogP contribution in [0.3, 0.4) is 0 Å². The topological polar surface area (TPSA) is 50.2 Å². The minimum absolute atomic E-state index is 0.196. The number of nitrogens with one attached hydrogen (secondary N) is 1. The van der Waals surface area contributed by atoms with Crippen molar-refractivity contribution < 1.29 is 18.0 Å². The van der Waals surface area contributed by atoms with Gasteiger partial charge in [0, 0.05) is 49.9 Å². The number of aromatic nitrogens is 2. The zero-order chi connectivity index (χ0) is 27.7. The van der Waals surface area contributed by atoms with Gasteiger partial charge in [0.2, 0.25) is 0 Å². The molecule has 0 saturated heterocycles. The Labute approximate surface area is 237 Å². The molecule has 0 radical (unpaired) electrons. The van der Waals surface area contributed by atoms with Crippen LogP contribution >= 0.6 is 34.8 Å². The molecule has 11 heteroatoms. The van der Waals surface area contributed by atoms with Crippen molar-refractivity contribution in [2.24, 2.45) is 0 Å². The van der Waals surface area contributed by atoms with E-state index in [0.717, 1.165) is 23.3 Å². The van der Waals surface area contributed by atoms with Gasteiger partial charge < -0.3 is 5.32 Å². The van der Waals surface area contributed by atoms with Crippen molar-refractivity contribution in [3.05, 3.63) is 104 Å². The number of hydrogen-bond donors (Lipinski definition) is 1. The lowest BCUT2D eigenvalue weighted by Gasteiger charge is -2.27. The molecule has 2 aromatic heterocycles. The van der Waals surface area contributed by atoms with Gasteiger partial charge in [-0.3, -0.25) is 9.47 Å². The van der Waals surface area contributed by atoms with Crippen molar-refractivity contribution in [1.82, 2.24) is 19.8 Å². The third-order valence-corrected chi connectivity index (χ3v) is 7.56. The lowest BCUT2D eigenvalue weighted by atomic mass is 10.0. The van der Waals surface area contributed by atoms with E-state index in [2.05, 4.69) is 15.2 Å². The van der Waals surface area contributed by atoms with E-state index in [1.165, 1.54) is 10.6 Å². The smallest absolute Gasteiger partial charge is 0.333 e. The number of hydrogen-bond acceptors (Lipinski definition) is 3. The first-order valence-corrected chi connectivity index (χ1v) is 13.2. The van der Waals surface area contributed by atoms with Gasteiger partial charge in [0.25, 0.3) is 0 Å². The van der Waals surface area contributed by atoms with Crippen molar-refractivity contribution in [1.29, 1.82) is 0 Å². The van der Waals surface area contributed by atoms with Crippen LogP contribution in [0.25, 0.3) is 17.0 Å². The van der Waals surface area contributed by atoms with Gasteiger partial charge in [0.15, 0.2) is 0 Å². The van der Waals surface area contributed by atoms with Crippen molar-refractivity contribution >= 4 is 57.8 Å². The number of nitrogens with zero attached hydrogens (tertiary/aromatic N) is 3. The minimum Gasteiger partial charge on any atom is -0.333 e. The lowest BCUT2D eigenvalue weighted by Crippen LogP contribution is -2.34. The standard InChI is InChI=1S/C28H22Cl3F3N4O/c29-22-5-3-17(12-23(22)30)2-1-10-37-11-8-25-21(16-37)20-14-19(28(32,33)34)4-6-24(20)38(25)27(39)36-15-18-7-9-35-26(31)13-18/h1-7,9,12-14H,8,10-11,15-16H2,(H,36,39)/b2-1+. The molecule has 3 heterocycles. The molecule has 1 amide bonds. The average molecular weight is 594 g/mol. The maximum atomic E-state index is 13.6. The zero-order valence-corrected chi connectivity index (χ0v) is 22.7. The van der Waals surface area contributed by atoms with Gasteiger partial charge in [-0.2, -0.15) is 13.2 Å². The molecule has 5 nitrogen and oxygen atoms in total. The van der Waals surface area contributed by atoms with E-state index in [9.17, 15) is 18.0 Å². The maximum Gasteiger partial charge on any atom is 0.416 e. The molecule has 0 spiro atoms. The lowest BCUT2D eigenvalue weighted by molar-refractivity contribution is -0.137. The molecule has 0 fully saturated rings. The van der Waals surface area contributed by atoms with E-state index in [-0.39, 0.29) is 6.54 Å². The highest BCUT2D eigenvalue weighted by Gasteiger charge is 2.33. The summed E-state index contributed by atoms with van der Waals surface area (Å²) in [4.78, 5) is 19.4. The van der Waals surface area contributed by atoms with E-state index in [0.29, 0.717) is 63.4 Å². The van der Waals surface area contributed by atoms with Gasteiger partial charge in [0.05, 0.1) is 21.1 Å². The molecule has 1 N–H and O–H groups in total. The molecule has 0 saturated carbocycles. The first kappa shape index (κ1) is 27.5. The van der Waals surface area contributed by atoms with E-state index in [1.807, 2.05) is 18.2 Å². The summed E-state index contributed by atoms with van der Waals surface area (Å²) in [7, 11) is 0. The van der Waals surface area contributed by atoms with Crippen molar-refractivity contribution in [3.63, 3.8) is 0 Å². The predicted molar refractivity (Wildman–Crippen MR) is 148 cm³/mol. The third kappa shape index (κ3) is 6.09. The summed E-state index contributed by atoms with van der Waals surface area (Å²) in [5, 5.41) is 4.51. The Hall–Kier alpha value is -3.04.